The first-order valence-electron chi connectivity index (χ1n) is 5.25. The molecule has 0 atom stereocenters. The molecule has 4 nitrogen and oxygen atoms in total. The van der Waals surface area contributed by atoms with Gasteiger partial charge in [-0.2, -0.15) is 0 Å². The summed E-state index contributed by atoms with van der Waals surface area (Å²) in [6.45, 7) is 0.569. The lowest BCUT2D eigenvalue weighted by molar-refractivity contribution is -0.118. The average molecular weight is 247 g/mol. The molecule has 88 valence electrons. The first-order valence-corrected chi connectivity index (χ1v) is 5.66. The normalized spacial score (nSPS) is 10.6. The SMILES string of the molecule is NC(=O)CCn1ccc2ccc(C(N)=S)cc21. The zero-order valence-electron chi connectivity index (χ0n) is 9.22. The number of nitrogens with zero attached hydrogens (tertiary/aromatic N) is 1. The summed E-state index contributed by atoms with van der Waals surface area (Å²) >= 11 is 4.94. The smallest absolute Gasteiger partial charge is 0.219 e. The number of aromatic nitrogens is 1. The zero-order valence-corrected chi connectivity index (χ0v) is 10.0. The molecule has 0 fully saturated rings. The fourth-order valence-electron chi connectivity index (χ4n) is 1.76. The molecule has 0 unspecified atom stereocenters. The largest absolute Gasteiger partial charge is 0.389 e. The molecule has 4 N–H and O–H groups in total. The first-order chi connectivity index (χ1) is 8.08. The van der Waals surface area contributed by atoms with Crippen molar-refractivity contribution in [1.82, 2.24) is 4.57 Å². The Kier molecular flexibility index (Phi) is 3.10. The van der Waals surface area contributed by atoms with Crippen molar-refractivity contribution in [3.63, 3.8) is 0 Å². The summed E-state index contributed by atoms with van der Waals surface area (Å²) in [4.78, 5) is 11.1. The van der Waals surface area contributed by atoms with Crippen LogP contribution in [0, 0.1) is 0 Å². The van der Waals surface area contributed by atoms with Crippen molar-refractivity contribution in [2.24, 2.45) is 11.5 Å². The number of amides is 1. The van der Waals surface area contributed by atoms with Crippen molar-refractivity contribution >= 4 is 34.0 Å². The van der Waals surface area contributed by atoms with Crippen molar-refractivity contribution in [2.75, 3.05) is 0 Å². The highest BCUT2D eigenvalue weighted by Crippen LogP contribution is 2.18. The van der Waals surface area contributed by atoms with E-state index in [0.29, 0.717) is 18.0 Å². The van der Waals surface area contributed by atoms with Gasteiger partial charge in [-0.05, 0) is 17.5 Å². The minimum absolute atomic E-state index is 0.308. The van der Waals surface area contributed by atoms with Gasteiger partial charge in [-0.3, -0.25) is 4.79 Å². The Morgan fingerprint density at radius 1 is 1.29 bits per heavy atom. The molecule has 0 bridgehead atoms. The van der Waals surface area contributed by atoms with Crippen LogP contribution in [0.3, 0.4) is 0 Å². The average Bonchev–Trinajstić information content (AvgIpc) is 2.68. The van der Waals surface area contributed by atoms with Gasteiger partial charge in [0.25, 0.3) is 0 Å². The van der Waals surface area contributed by atoms with Gasteiger partial charge in [-0.25, -0.2) is 0 Å². The van der Waals surface area contributed by atoms with Crippen molar-refractivity contribution < 1.29 is 4.79 Å². The maximum atomic E-state index is 10.8. The van der Waals surface area contributed by atoms with E-state index < -0.39 is 0 Å². The highest BCUT2D eigenvalue weighted by atomic mass is 32.1. The second-order valence-corrected chi connectivity index (χ2v) is 4.30. The van der Waals surface area contributed by atoms with Gasteiger partial charge in [0.05, 0.1) is 0 Å². The number of hydrogen-bond acceptors (Lipinski definition) is 2. The highest BCUT2D eigenvalue weighted by molar-refractivity contribution is 7.80. The minimum atomic E-state index is -0.308. The number of fused-ring (bicyclic) bond motifs is 1. The molecule has 1 heterocycles. The van der Waals surface area contributed by atoms with E-state index in [2.05, 4.69) is 0 Å². The van der Waals surface area contributed by atoms with Crippen LogP contribution in [-0.4, -0.2) is 15.5 Å². The number of rotatable bonds is 4. The Labute approximate surface area is 104 Å². The van der Waals surface area contributed by atoms with E-state index in [1.54, 1.807) is 0 Å². The van der Waals surface area contributed by atoms with Gasteiger partial charge >= 0.3 is 0 Å². The van der Waals surface area contributed by atoms with Crippen LogP contribution in [0.5, 0.6) is 0 Å². The molecule has 0 saturated heterocycles. The lowest BCUT2D eigenvalue weighted by Crippen LogP contribution is -2.13. The van der Waals surface area contributed by atoms with Gasteiger partial charge in [0.2, 0.25) is 5.91 Å². The highest BCUT2D eigenvalue weighted by Gasteiger charge is 2.04. The molecule has 1 aromatic carbocycles. The maximum Gasteiger partial charge on any atom is 0.219 e. The molecular weight excluding hydrogens is 234 g/mol. The van der Waals surface area contributed by atoms with Gasteiger partial charge in [0, 0.05) is 30.2 Å². The van der Waals surface area contributed by atoms with Crippen LogP contribution in [0.25, 0.3) is 10.9 Å². The third-order valence-corrected chi connectivity index (χ3v) is 2.89. The van der Waals surface area contributed by atoms with Crippen LogP contribution >= 0.6 is 12.2 Å². The molecular formula is C12H13N3OS. The molecule has 0 radical (unpaired) electrons. The number of primary amides is 1. The molecule has 0 aliphatic rings. The van der Waals surface area contributed by atoms with E-state index in [1.165, 1.54) is 0 Å². The predicted molar refractivity (Wildman–Crippen MR) is 71.6 cm³/mol. The van der Waals surface area contributed by atoms with E-state index in [-0.39, 0.29) is 5.91 Å². The lowest BCUT2D eigenvalue weighted by atomic mass is 10.1. The molecule has 5 heteroatoms. The molecule has 0 aliphatic carbocycles. The third kappa shape index (κ3) is 2.45. The van der Waals surface area contributed by atoms with E-state index in [0.717, 1.165) is 16.5 Å². The summed E-state index contributed by atoms with van der Waals surface area (Å²) in [5.74, 6) is -0.308. The molecule has 0 saturated carbocycles. The number of nitrogens with two attached hydrogens (primary N) is 2. The number of benzene rings is 1. The Morgan fingerprint density at radius 3 is 2.71 bits per heavy atom. The molecule has 0 aliphatic heterocycles. The standard InChI is InChI=1S/C12H13N3OS/c13-11(16)4-6-15-5-3-8-1-2-9(12(14)17)7-10(8)15/h1-3,5,7H,4,6H2,(H2,13,16)(H2,14,17). The number of carbonyl (C=O) groups excluding carboxylic acids is 1. The fraction of sp³-hybridized carbons (Fsp3) is 0.167. The third-order valence-electron chi connectivity index (χ3n) is 2.66. The summed E-state index contributed by atoms with van der Waals surface area (Å²) in [6, 6.07) is 7.77. The van der Waals surface area contributed by atoms with Gasteiger partial charge in [-0.15, -0.1) is 0 Å². The van der Waals surface area contributed by atoms with E-state index >= 15 is 0 Å². The molecule has 2 aromatic rings. The van der Waals surface area contributed by atoms with Gasteiger partial charge in [0.1, 0.15) is 4.99 Å². The van der Waals surface area contributed by atoms with E-state index in [9.17, 15) is 4.79 Å². The lowest BCUT2D eigenvalue weighted by Gasteiger charge is -2.05. The van der Waals surface area contributed by atoms with Gasteiger partial charge < -0.3 is 16.0 Å². The van der Waals surface area contributed by atoms with Crippen molar-refractivity contribution in [2.45, 2.75) is 13.0 Å². The van der Waals surface area contributed by atoms with Crippen molar-refractivity contribution in [3.8, 4) is 0 Å². The Balaban J connectivity index is 2.39. The van der Waals surface area contributed by atoms with Gasteiger partial charge in [0.15, 0.2) is 0 Å². The second kappa shape index (κ2) is 4.55. The number of thiocarbonyl (C=S) groups is 1. The quantitative estimate of drug-likeness (QED) is 0.796. The minimum Gasteiger partial charge on any atom is -0.389 e. The van der Waals surface area contributed by atoms with E-state index in [4.69, 9.17) is 23.7 Å². The van der Waals surface area contributed by atoms with E-state index in [1.807, 2.05) is 35.0 Å². The van der Waals surface area contributed by atoms with Crippen LogP contribution in [0.1, 0.15) is 12.0 Å². The zero-order chi connectivity index (χ0) is 12.4. The summed E-state index contributed by atoms with van der Waals surface area (Å²) in [7, 11) is 0. The second-order valence-electron chi connectivity index (χ2n) is 3.86. The molecule has 17 heavy (non-hydrogen) atoms. The Hall–Kier alpha value is -1.88. The molecule has 0 spiro atoms. The summed E-state index contributed by atoms with van der Waals surface area (Å²) in [5, 5.41) is 1.09. The predicted octanol–water partition coefficient (Wildman–Crippen LogP) is 1.15. The van der Waals surface area contributed by atoms with Crippen LogP contribution in [0.2, 0.25) is 0 Å². The Bertz CT molecular complexity index is 588. The maximum absolute atomic E-state index is 10.8. The van der Waals surface area contributed by atoms with Crippen LogP contribution in [0.15, 0.2) is 30.5 Å². The van der Waals surface area contributed by atoms with Crippen LogP contribution in [-0.2, 0) is 11.3 Å². The van der Waals surface area contributed by atoms with Crippen LogP contribution in [0.4, 0.5) is 0 Å². The summed E-state index contributed by atoms with van der Waals surface area (Å²) < 4.78 is 1.97. The fourth-order valence-corrected chi connectivity index (χ4v) is 1.89. The van der Waals surface area contributed by atoms with Crippen molar-refractivity contribution in [1.29, 1.82) is 0 Å². The summed E-state index contributed by atoms with van der Waals surface area (Å²) in [5.41, 5.74) is 12.6. The first kappa shape index (κ1) is 11.6. The molecule has 2 rings (SSSR count). The molecule has 1 aromatic heterocycles. The van der Waals surface area contributed by atoms with Crippen molar-refractivity contribution in [3.05, 3.63) is 36.0 Å². The molecule has 1 amide bonds. The number of aryl methyl sites for hydroxylation is 1. The monoisotopic (exact) mass is 247 g/mol. The van der Waals surface area contributed by atoms with Crippen LogP contribution < -0.4 is 11.5 Å². The number of hydrogen-bond donors (Lipinski definition) is 2. The van der Waals surface area contributed by atoms with Gasteiger partial charge in [-0.1, -0.05) is 24.4 Å². The number of carbonyl (C=O) groups is 1. The Morgan fingerprint density at radius 2 is 2.06 bits per heavy atom. The summed E-state index contributed by atoms with van der Waals surface area (Å²) in [6.07, 6.45) is 2.25. The topological polar surface area (TPSA) is 74.0 Å².